The Morgan fingerprint density at radius 2 is 1.59 bits per heavy atom. The molecule has 0 saturated carbocycles. The van der Waals surface area contributed by atoms with E-state index >= 15 is 0 Å². The number of anilines is 2. The fraction of sp³-hybridized carbons (Fsp3) is 0.250. The third kappa shape index (κ3) is 4.86. The molecule has 6 heteroatoms. The predicted octanol–water partition coefficient (Wildman–Crippen LogP) is 5.77. The molecule has 0 fully saturated rings. The van der Waals surface area contributed by atoms with Gasteiger partial charge in [-0.2, -0.15) is 0 Å². The molecule has 1 aromatic heterocycles. The van der Waals surface area contributed by atoms with Crippen LogP contribution in [-0.2, 0) is 17.8 Å². The number of amides is 1. The van der Waals surface area contributed by atoms with E-state index in [0.717, 1.165) is 59.1 Å². The van der Waals surface area contributed by atoms with Crippen molar-refractivity contribution in [1.82, 2.24) is 14.8 Å². The Morgan fingerprint density at radius 3 is 2.35 bits per heavy atom. The lowest BCUT2D eigenvalue weighted by Gasteiger charge is -2.20. The van der Waals surface area contributed by atoms with Crippen molar-refractivity contribution in [3.63, 3.8) is 0 Å². The number of carbonyl (C=O) groups excluding carboxylic acids is 1. The lowest BCUT2D eigenvalue weighted by Crippen LogP contribution is -2.27. The number of hydrogen-bond acceptors (Lipinski definition) is 4. The number of aromatic nitrogens is 3. The first-order valence-corrected chi connectivity index (χ1v) is 11.9. The van der Waals surface area contributed by atoms with Crippen LogP contribution in [-0.4, -0.2) is 20.7 Å². The minimum absolute atomic E-state index is 0.109. The lowest BCUT2D eigenvalue weighted by molar-refractivity contribution is -0.117. The molecular weight excluding hydrogens is 422 g/mol. The van der Waals surface area contributed by atoms with Gasteiger partial charge in [-0.15, -0.1) is 10.2 Å². The maximum absolute atomic E-state index is 13.3. The Balaban J connectivity index is 1.37. The van der Waals surface area contributed by atoms with E-state index < -0.39 is 6.04 Å². The van der Waals surface area contributed by atoms with Crippen molar-refractivity contribution in [2.45, 2.75) is 45.2 Å². The van der Waals surface area contributed by atoms with Crippen LogP contribution in [0.3, 0.4) is 0 Å². The first kappa shape index (κ1) is 21.9. The topological polar surface area (TPSA) is 71.8 Å². The standard InChI is InChI=1S/C28H29N5O/c1-20-11-15-24(16-12-20)30-28(34)26(21-8-4-2-5-9-21)29-23-17-13-22(14-18-23)27-32-31-25-10-6-3-7-19-33(25)27/h2,4-5,8-9,11-18,26,29H,3,6-7,10,19H2,1H3,(H,30,34). The maximum Gasteiger partial charge on any atom is 0.251 e. The van der Waals surface area contributed by atoms with Gasteiger partial charge < -0.3 is 15.2 Å². The molecule has 1 atom stereocenters. The van der Waals surface area contributed by atoms with Gasteiger partial charge in [0.15, 0.2) is 5.82 Å². The second-order valence-electron chi connectivity index (χ2n) is 8.82. The summed E-state index contributed by atoms with van der Waals surface area (Å²) in [7, 11) is 0. The number of hydrogen-bond donors (Lipinski definition) is 2. The minimum Gasteiger partial charge on any atom is -0.370 e. The first-order valence-electron chi connectivity index (χ1n) is 11.9. The van der Waals surface area contributed by atoms with Crippen LogP contribution < -0.4 is 10.6 Å². The van der Waals surface area contributed by atoms with E-state index in [1.807, 2.05) is 85.8 Å². The molecule has 2 heterocycles. The molecule has 0 aliphatic carbocycles. The molecule has 4 aromatic rings. The molecule has 3 aromatic carbocycles. The second kappa shape index (κ2) is 9.91. The summed E-state index contributed by atoms with van der Waals surface area (Å²) >= 11 is 0. The smallest absolute Gasteiger partial charge is 0.251 e. The quantitative estimate of drug-likeness (QED) is 0.390. The average molecular weight is 452 g/mol. The van der Waals surface area contributed by atoms with Gasteiger partial charge in [-0.1, -0.05) is 54.4 Å². The summed E-state index contributed by atoms with van der Waals surface area (Å²) in [6.07, 6.45) is 4.55. The molecule has 0 bridgehead atoms. The van der Waals surface area contributed by atoms with Gasteiger partial charge in [-0.25, -0.2) is 0 Å². The van der Waals surface area contributed by atoms with Crippen LogP contribution in [0.15, 0.2) is 78.9 Å². The molecule has 1 unspecified atom stereocenters. The molecule has 172 valence electrons. The van der Waals surface area contributed by atoms with E-state index in [2.05, 4.69) is 25.4 Å². The zero-order chi connectivity index (χ0) is 23.3. The number of aryl methyl sites for hydroxylation is 2. The average Bonchev–Trinajstić information content (AvgIpc) is 3.12. The van der Waals surface area contributed by atoms with Crippen LogP contribution in [0.5, 0.6) is 0 Å². The van der Waals surface area contributed by atoms with Crippen molar-refractivity contribution in [3.05, 3.63) is 95.8 Å². The largest absolute Gasteiger partial charge is 0.370 e. The molecule has 0 radical (unpaired) electrons. The number of fused-ring (bicyclic) bond motifs is 1. The normalized spacial score (nSPS) is 14.0. The first-order chi connectivity index (χ1) is 16.7. The van der Waals surface area contributed by atoms with E-state index in [1.54, 1.807) is 0 Å². The molecule has 0 saturated heterocycles. The Hall–Kier alpha value is -3.93. The number of rotatable bonds is 6. The Labute approximate surface area is 200 Å². The molecule has 5 rings (SSSR count). The van der Waals surface area contributed by atoms with Crippen molar-refractivity contribution in [2.24, 2.45) is 0 Å². The summed E-state index contributed by atoms with van der Waals surface area (Å²) < 4.78 is 2.25. The van der Waals surface area contributed by atoms with Gasteiger partial charge in [0.2, 0.25) is 0 Å². The molecule has 1 aliphatic rings. The Bertz CT molecular complexity index is 1250. The van der Waals surface area contributed by atoms with Gasteiger partial charge >= 0.3 is 0 Å². The van der Waals surface area contributed by atoms with Crippen LogP contribution >= 0.6 is 0 Å². The predicted molar refractivity (Wildman–Crippen MR) is 136 cm³/mol. The SMILES string of the molecule is Cc1ccc(NC(=O)C(Nc2ccc(-c3nnc4n3CCCCC4)cc2)c2ccccc2)cc1. The minimum atomic E-state index is -0.530. The number of nitrogens with zero attached hydrogens (tertiary/aromatic N) is 3. The molecule has 6 nitrogen and oxygen atoms in total. The highest BCUT2D eigenvalue weighted by Gasteiger charge is 2.21. The summed E-state index contributed by atoms with van der Waals surface area (Å²) in [5, 5.41) is 15.3. The van der Waals surface area contributed by atoms with Gasteiger partial charge in [0.25, 0.3) is 5.91 Å². The molecule has 1 aliphatic heterocycles. The fourth-order valence-corrected chi connectivity index (χ4v) is 4.38. The van der Waals surface area contributed by atoms with Gasteiger partial charge in [-0.3, -0.25) is 4.79 Å². The lowest BCUT2D eigenvalue weighted by atomic mass is 10.0. The zero-order valence-electron chi connectivity index (χ0n) is 19.4. The molecule has 1 amide bonds. The monoisotopic (exact) mass is 451 g/mol. The van der Waals surface area contributed by atoms with Crippen molar-refractivity contribution in [3.8, 4) is 11.4 Å². The van der Waals surface area contributed by atoms with Gasteiger partial charge in [0.1, 0.15) is 11.9 Å². The van der Waals surface area contributed by atoms with Crippen LogP contribution in [0.25, 0.3) is 11.4 Å². The summed E-state index contributed by atoms with van der Waals surface area (Å²) in [6.45, 7) is 2.99. The van der Waals surface area contributed by atoms with Gasteiger partial charge in [0, 0.05) is 29.9 Å². The summed E-state index contributed by atoms with van der Waals surface area (Å²) in [5.41, 5.74) is 4.74. The van der Waals surface area contributed by atoms with Crippen LogP contribution in [0, 0.1) is 6.92 Å². The van der Waals surface area contributed by atoms with Gasteiger partial charge in [0.05, 0.1) is 0 Å². The highest BCUT2D eigenvalue weighted by atomic mass is 16.2. The number of nitrogens with one attached hydrogen (secondary N) is 2. The van der Waals surface area contributed by atoms with E-state index in [-0.39, 0.29) is 5.91 Å². The molecule has 0 spiro atoms. The van der Waals surface area contributed by atoms with E-state index in [1.165, 1.54) is 12.8 Å². The highest BCUT2D eigenvalue weighted by molar-refractivity contribution is 5.97. The van der Waals surface area contributed by atoms with Crippen LogP contribution in [0.2, 0.25) is 0 Å². The number of benzene rings is 3. The van der Waals surface area contributed by atoms with E-state index in [4.69, 9.17) is 0 Å². The Kier molecular flexibility index (Phi) is 6.38. The summed E-state index contributed by atoms with van der Waals surface area (Å²) in [6, 6.07) is 25.2. The van der Waals surface area contributed by atoms with E-state index in [0.29, 0.717) is 0 Å². The van der Waals surface area contributed by atoms with Crippen molar-refractivity contribution < 1.29 is 4.79 Å². The number of carbonyl (C=O) groups is 1. The highest BCUT2D eigenvalue weighted by Crippen LogP contribution is 2.26. The third-order valence-corrected chi connectivity index (χ3v) is 6.28. The van der Waals surface area contributed by atoms with Crippen LogP contribution in [0.1, 0.15) is 42.3 Å². The zero-order valence-corrected chi connectivity index (χ0v) is 19.4. The van der Waals surface area contributed by atoms with Gasteiger partial charge in [-0.05, 0) is 61.7 Å². The summed E-state index contributed by atoms with van der Waals surface area (Å²) in [4.78, 5) is 13.3. The Morgan fingerprint density at radius 1 is 0.853 bits per heavy atom. The van der Waals surface area contributed by atoms with Crippen molar-refractivity contribution in [1.29, 1.82) is 0 Å². The van der Waals surface area contributed by atoms with Crippen molar-refractivity contribution >= 4 is 17.3 Å². The van der Waals surface area contributed by atoms with Crippen molar-refractivity contribution in [2.75, 3.05) is 10.6 Å². The second-order valence-corrected chi connectivity index (χ2v) is 8.82. The van der Waals surface area contributed by atoms with Crippen LogP contribution in [0.4, 0.5) is 11.4 Å². The molecule has 2 N–H and O–H groups in total. The summed E-state index contributed by atoms with van der Waals surface area (Å²) in [5.74, 6) is 1.88. The van der Waals surface area contributed by atoms with E-state index in [9.17, 15) is 4.79 Å². The maximum atomic E-state index is 13.3. The molecule has 34 heavy (non-hydrogen) atoms. The molecular formula is C28H29N5O. The fourth-order valence-electron chi connectivity index (χ4n) is 4.38. The third-order valence-electron chi connectivity index (χ3n) is 6.28.